The van der Waals surface area contributed by atoms with E-state index in [9.17, 15) is 18.0 Å². The average Bonchev–Trinajstić information content (AvgIpc) is 2.27. The number of nitriles is 1. The zero-order valence-corrected chi connectivity index (χ0v) is 8.71. The van der Waals surface area contributed by atoms with Crippen molar-refractivity contribution in [3.63, 3.8) is 0 Å². The van der Waals surface area contributed by atoms with Crippen LogP contribution in [0.2, 0.25) is 0 Å². The quantitative estimate of drug-likeness (QED) is 0.886. The lowest BCUT2D eigenvalue weighted by atomic mass is 10.2. The molecule has 0 spiro atoms. The van der Waals surface area contributed by atoms with Crippen LogP contribution in [0.1, 0.15) is 18.4 Å². The van der Waals surface area contributed by atoms with Gasteiger partial charge in [-0.2, -0.15) is 18.4 Å². The zero-order valence-electron chi connectivity index (χ0n) is 8.71. The van der Waals surface area contributed by atoms with Gasteiger partial charge in [0.1, 0.15) is 0 Å². The number of carbonyl (C=O) groups excluding carboxylic acids is 1. The van der Waals surface area contributed by atoms with E-state index in [1.807, 2.05) is 6.07 Å². The number of anilines is 1. The lowest BCUT2D eigenvalue weighted by Gasteiger charge is -2.07. The van der Waals surface area contributed by atoms with Crippen LogP contribution in [0, 0.1) is 11.3 Å². The van der Waals surface area contributed by atoms with E-state index in [4.69, 9.17) is 5.26 Å². The molecule has 6 heteroatoms. The van der Waals surface area contributed by atoms with Crippen molar-refractivity contribution in [2.45, 2.75) is 19.0 Å². The lowest BCUT2D eigenvalue weighted by Crippen LogP contribution is -2.16. The fourth-order valence-electron chi connectivity index (χ4n) is 1.11. The molecule has 0 aliphatic heterocycles. The van der Waals surface area contributed by atoms with Crippen LogP contribution < -0.4 is 5.32 Å². The maximum atomic E-state index is 11.8. The van der Waals surface area contributed by atoms with Crippen LogP contribution in [-0.4, -0.2) is 12.1 Å². The van der Waals surface area contributed by atoms with Gasteiger partial charge in [0.05, 0.1) is 18.1 Å². The molecule has 17 heavy (non-hydrogen) atoms. The van der Waals surface area contributed by atoms with E-state index >= 15 is 0 Å². The summed E-state index contributed by atoms with van der Waals surface area (Å²) in [5, 5.41) is 10.8. The minimum Gasteiger partial charge on any atom is -0.326 e. The van der Waals surface area contributed by atoms with Crippen molar-refractivity contribution in [2.24, 2.45) is 0 Å². The van der Waals surface area contributed by atoms with Gasteiger partial charge in [-0.3, -0.25) is 4.79 Å². The molecular formula is C11H9F3N2O. The topological polar surface area (TPSA) is 52.9 Å². The Morgan fingerprint density at radius 2 is 1.88 bits per heavy atom. The third kappa shape index (κ3) is 5.02. The van der Waals surface area contributed by atoms with Crippen LogP contribution in [0.3, 0.4) is 0 Å². The standard InChI is InChI=1S/C11H9F3N2O/c12-11(13,14)6-5-10(17)16-9-3-1-8(7-15)2-4-9/h1-4H,5-6H2,(H,16,17). The molecule has 1 aromatic rings. The number of carbonyl (C=O) groups is 1. The number of nitrogens with one attached hydrogen (secondary N) is 1. The zero-order chi connectivity index (χ0) is 12.9. The minimum atomic E-state index is -4.33. The number of alkyl halides is 3. The molecule has 1 rings (SSSR count). The predicted molar refractivity (Wildman–Crippen MR) is 55.1 cm³/mol. The van der Waals surface area contributed by atoms with Crippen molar-refractivity contribution >= 4 is 11.6 Å². The number of hydrogen-bond donors (Lipinski definition) is 1. The molecule has 0 aliphatic rings. The highest BCUT2D eigenvalue weighted by Crippen LogP contribution is 2.21. The van der Waals surface area contributed by atoms with E-state index in [-0.39, 0.29) is 0 Å². The highest BCUT2D eigenvalue weighted by atomic mass is 19.4. The molecule has 0 fully saturated rings. The molecule has 1 N–H and O–H groups in total. The Bertz CT molecular complexity index is 432. The van der Waals surface area contributed by atoms with Gasteiger partial charge in [-0.1, -0.05) is 0 Å². The van der Waals surface area contributed by atoms with Crippen molar-refractivity contribution in [2.75, 3.05) is 5.32 Å². The van der Waals surface area contributed by atoms with E-state index in [0.29, 0.717) is 11.3 Å². The van der Waals surface area contributed by atoms with Crippen molar-refractivity contribution in [3.8, 4) is 6.07 Å². The summed E-state index contributed by atoms with van der Waals surface area (Å²) < 4.78 is 35.5. The van der Waals surface area contributed by atoms with E-state index in [0.717, 1.165) is 0 Å². The summed E-state index contributed by atoms with van der Waals surface area (Å²) in [6, 6.07) is 7.76. The third-order valence-electron chi connectivity index (χ3n) is 1.93. The smallest absolute Gasteiger partial charge is 0.326 e. The molecule has 0 unspecified atom stereocenters. The van der Waals surface area contributed by atoms with E-state index in [1.165, 1.54) is 24.3 Å². The molecule has 0 atom stereocenters. The summed E-state index contributed by atoms with van der Waals surface area (Å²) >= 11 is 0. The molecule has 0 bridgehead atoms. The van der Waals surface area contributed by atoms with Gasteiger partial charge in [0.25, 0.3) is 0 Å². The first kappa shape index (κ1) is 13.0. The monoisotopic (exact) mass is 242 g/mol. The second kappa shape index (κ2) is 5.34. The second-order valence-corrected chi connectivity index (χ2v) is 3.35. The largest absolute Gasteiger partial charge is 0.389 e. The van der Waals surface area contributed by atoms with E-state index < -0.39 is 24.9 Å². The van der Waals surface area contributed by atoms with Crippen LogP contribution in [0.15, 0.2) is 24.3 Å². The summed E-state index contributed by atoms with van der Waals surface area (Å²) in [7, 11) is 0. The molecule has 0 saturated carbocycles. The van der Waals surface area contributed by atoms with Gasteiger partial charge in [0, 0.05) is 12.1 Å². The van der Waals surface area contributed by atoms with Crippen LogP contribution in [0.4, 0.5) is 18.9 Å². The number of hydrogen-bond acceptors (Lipinski definition) is 2. The summed E-state index contributed by atoms with van der Waals surface area (Å²) in [6.45, 7) is 0. The first-order valence-electron chi connectivity index (χ1n) is 4.77. The number of benzene rings is 1. The summed E-state index contributed by atoms with van der Waals surface area (Å²) in [5.74, 6) is -0.702. The maximum Gasteiger partial charge on any atom is 0.389 e. The molecule has 1 aromatic carbocycles. The molecule has 1 amide bonds. The Hall–Kier alpha value is -2.03. The Balaban J connectivity index is 2.48. The van der Waals surface area contributed by atoms with Crippen LogP contribution >= 0.6 is 0 Å². The molecule has 0 aliphatic carbocycles. The van der Waals surface area contributed by atoms with Crippen molar-refractivity contribution in [1.29, 1.82) is 5.26 Å². The van der Waals surface area contributed by atoms with Gasteiger partial charge in [-0.05, 0) is 24.3 Å². The SMILES string of the molecule is N#Cc1ccc(NC(=O)CCC(F)(F)F)cc1. The molecular weight excluding hydrogens is 233 g/mol. The Labute approximate surface area is 95.9 Å². The van der Waals surface area contributed by atoms with Gasteiger partial charge >= 0.3 is 6.18 Å². The first-order valence-corrected chi connectivity index (χ1v) is 4.77. The van der Waals surface area contributed by atoms with E-state index in [1.54, 1.807) is 0 Å². The molecule has 90 valence electrons. The summed E-state index contributed by atoms with van der Waals surface area (Å²) in [5.41, 5.74) is 0.787. The third-order valence-corrected chi connectivity index (χ3v) is 1.93. The van der Waals surface area contributed by atoms with Crippen molar-refractivity contribution < 1.29 is 18.0 Å². The Morgan fingerprint density at radius 3 is 2.35 bits per heavy atom. The normalized spacial score (nSPS) is 10.7. The van der Waals surface area contributed by atoms with Gasteiger partial charge in [0.15, 0.2) is 0 Å². The van der Waals surface area contributed by atoms with Gasteiger partial charge in [0.2, 0.25) is 5.91 Å². The molecule has 3 nitrogen and oxygen atoms in total. The van der Waals surface area contributed by atoms with Crippen LogP contribution in [0.25, 0.3) is 0 Å². The first-order chi connectivity index (χ1) is 7.90. The molecule has 0 radical (unpaired) electrons. The van der Waals surface area contributed by atoms with Crippen LogP contribution in [0.5, 0.6) is 0 Å². The fraction of sp³-hybridized carbons (Fsp3) is 0.273. The van der Waals surface area contributed by atoms with Gasteiger partial charge < -0.3 is 5.32 Å². The highest BCUT2D eigenvalue weighted by molar-refractivity contribution is 5.90. The van der Waals surface area contributed by atoms with Gasteiger partial charge in [-0.15, -0.1) is 0 Å². The molecule has 0 heterocycles. The van der Waals surface area contributed by atoms with Crippen LogP contribution in [-0.2, 0) is 4.79 Å². The van der Waals surface area contributed by atoms with Crippen molar-refractivity contribution in [1.82, 2.24) is 0 Å². The molecule has 0 saturated heterocycles. The second-order valence-electron chi connectivity index (χ2n) is 3.35. The van der Waals surface area contributed by atoms with Crippen molar-refractivity contribution in [3.05, 3.63) is 29.8 Å². The molecule has 0 aromatic heterocycles. The lowest BCUT2D eigenvalue weighted by molar-refractivity contribution is -0.142. The minimum absolute atomic E-state index is 0.371. The summed E-state index contributed by atoms with van der Waals surface area (Å²) in [6.07, 6.45) is -6.08. The van der Waals surface area contributed by atoms with E-state index in [2.05, 4.69) is 5.32 Å². The Morgan fingerprint density at radius 1 is 1.29 bits per heavy atom. The fourth-order valence-corrected chi connectivity index (χ4v) is 1.11. The number of amides is 1. The Kier molecular flexibility index (Phi) is 4.10. The maximum absolute atomic E-state index is 11.8. The summed E-state index contributed by atoms with van der Waals surface area (Å²) in [4.78, 5) is 11.1. The number of nitrogens with zero attached hydrogens (tertiary/aromatic N) is 1. The number of rotatable bonds is 3. The number of halogens is 3. The average molecular weight is 242 g/mol. The highest BCUT2D eigenvalue weighted by Gasteiger charge is 2.27. The van der Waals surface area contributed by atoms with Gasteiger partial charge in [-0.25, -0.2) is 0 Å². The predicted octanol–water partition coefficient (Wildman–Crippen LogP) is 2.84.